The van der Waals surface area contributed by atoms with Gasteiger partial charge in [-0.05, 0) is 25.0 Å². The molecule has 18 heavy (non-hydrogen) atoms. The van der Waals surface area contributed by atoms with Crippen molar-refractivity contribution in [3.63, 3.8) is 0 Å². The number of hydrogen-bond donors (Lipinski definition) is 1. The van der Waals surface area contributed by atoms with Crippen LogP contribution in [0.5, 0.6) is 5.75 Å². The summed E-state index contributed by atoms with van der Waals surface area (Å²) in [5, 5.41) is 10.4. The van der Waals surface area contributed by atoms with Crippen LogP contribution in [0.15, 0.2) is 24.3 Å². The minimum atomic E-state index is -0.701. The van der Waals surface area contributed by atoms with Crippen molar-refractivity contribution in [2.75, 3.05) is 6.61 Å². The van der Waals surface area contributed by atoms with Gasteiger partial charge in [0.2, 0.25) is 0 Å². The van der Waals surface area contributed by atoms with Gasteiger partial charge in [0.15, 0.2) is 0 Å². The van der Waals surface area contributed by atoms with Crippen LogP contribution in [-0.2, 0) is 0 Å². The molecule has 1 fully saturated rings. The van der Waals surface area contributed by atoms with Gasteiger partial charge in [0, 0.05) is 5.56 Å². The molecule has 0 atom stereocenters. The first-order valence-corrected chi connectivity index (χ1v) is 6.62. The highest BCUT2D eigenvalue weighted by Crippen LogP contribution is 2.27. The van der Waals surface area contributed by atoms with E-state index in [-0.39, 0.29) is 0 Å². The van der Waals surface area contributed by atoms with Gasteiger partial charge in [-0.3, -0.25) is 4.79 Å². The van der Waals surface area contributed by atoms with Gasteiger partial charge in [-0.15, -0.1) is 0 Å². The molecule has 0 unspecified atom stereocenters. The van der Waals surface area contributed by atoms with Gasteiger partial charge in [0.1, 0.15) is 18.6 Å². The Bertz CT molecular complexity index is 392. The van der Waals surface area contributed by atoms with Crippen LogP contribution < -0.4 is 4.74 Å². The van der Waals surface area contributed by atoms with Gasteiger partial charge in [-0.2, -0.15) is 0 Å². The largest absolute Gasteiger partial charge is 0.491 e. The van der Waals surface area contributed by atoms with Crippen molar-refractivity contribution in [3.8, 4) is 5.75 Å². The molecule has 3 heteroatoms. The average molecular weight is 248 g/mol. The third kappa shape index (κ3) is 3.57. The predicted octanol–water partition coefficient (Wildman–Crippen LogP) is 2.96. The fourth-order valence-corrected chi connectivity index (χ4v) is 2.43. The van der Waals surface area contributed by atoms with Gasteiger partial charge in [0.05, 0.1) is 5.60 Å². The van der Waals surface area contributed by atoms with Crippen LogP contribution in [0.1, 0.15) is 48.9 Å². The van der Waals surface area contributed by atoms with Crippen molar-refractivity contribution < 1.29 is 14.6 Å². The molecule has 2 rings (SSSR count). The number of carbonyl (C=O) groups is 1. The van der Waals surface area contributed by atoms with E-state index in [0.717, 1.165) is 32.0 Å². The van der Waals surface area contributed by atoms with E-state index in [1.54, 1.807) is 18.2 Å². The standard InChI is InChI=1S/C15H20O3/c16-11-13-6-5-7-14(10-13)18-12-15(17)8-3-1-2-4-9-15/h5-7,10-11,17H,1-4,8-9,12H2. The van der Waals surface area contributed by atoms with Crippen molar-refractivity contribution >= 4 is 6.29 Å². The summed E-state index contributed by atoms with van der Waals surface area (Å²) >= 11 is 0. The SMILES string of the molecule is O=Cc1cccc(OCC2(O)CCCCCC2)c1. The lowest BCUT2D eigenvalue weighted by molar-refractivity contribution is -0.0173. The lowest BCUT2D eigenvalue weighted by Gasteiger charge is -2.26. The van der Waals surface area contributed by atoms with E-state index in [2.05, 4.69) is 0 Å². The number of aliphatic hydroxyl groups is 1. The van der Waals surface area contributed by atoms with Gasteiger partial charge in [0.25, 0.3) is 0 Å². The van der Waals surface area contributed by atoms with E-state index in [0.29, 0.717) is 17.9 Å². The number of carbonyl (C=O) groups excluding carboxylic acids is 1. The number of hydrogen-bond acceptors (Lipinski definition) is 3. The minimum absolute atomic E-state index is 0.315. The molecule has 0 aliphatic heterocycles. The van der Waals surface area contributed by atoms with Gasteiger partial charge < -0.3 is 9.84 Å². The Labute approximate surface area is 108 Å². The molecule has 1 saturated carbocycles. The number of benzene rings is 1. The Morgan fingerprint density at radius 3 is 2.61 bits per heavy atom. The summed E-state index contributed by atoms with van der Waals surface area (Å²) in [6, 6.07) is 7.04. The zero-order valence-corrected chi connectivity index (χ0v) is 10.6. The summed E-state index contributed by atoms with van der Waals surface area (Å²) in [5.41, 5.74) is -0.103. The molecule has 1 aliphatic rings. The molecule has 1 aromatic rings. The molecule has 0 heterocycles. The van der Waals surface area contributed by atoms with Crippen molar-refractivity contribution in [1.29, 1.82) is 0 Å². The van der Waals surface area contributed by atoms with E-state index in [1.165, 1.54) is 12.8 Å². The summed E-state index contributed by atoms with van der Waals surface area (Å²) in [4.78, 5) is 10.7. The summed E-state index contributed by atoms with van der Waals surface area (Å²) in [6.07, 6.45) is 6.93. The van der Waals surface area contributed by atoms with E-state index in [4.69, 9.17) is 4.74 Å². The summed E-state index contributed by atoms with van der Waals surface area (Å²) in [6.45, 7) is 0.315. The molecule has 98 valence electrons. The molecule has 0 amide bonds. The predicted molar refractivity (Wildman–Crippen MR) is 70.0 cm³/mol. The van der Waals surface area contributed by atoms with E-state index < -0.39 is 5.60 Å². The van der Waals surface area contributed by atoms with Gasteiger partial charge in [-0.1, -0.05) is 37.8 Å². The minimum Gasteiger partial charge on any atom is -0.491 e. The Kier molecular flexibility index (Phi) is 4.37. The summed E-state index contributed by atoms with van der Waals surface area (Å²) in [5.74, 6) is 0.650. The molecule has 0 saturated heterocycles. The second-order valence-corrected chi connectivity index (χ2v) is 5.12. The fraction of sp³-hybridized carbons (Fsp3) is 0.533. The average Bonchev–Trinajstić information content (AvgIpc) is 2.62. The second-order valence-electron chi connectivity index (χ2n) is 5.12. The van der Waals surface area contributed by atoms with Crippen LogP contribution in [-0.4, -0.2) is 23.6 Å². The molecule has 1 aromatic carbocycles. The maximum absolute atomic E-state index is 10.7. The second kappa shape index (κ2) is 6.01. The van der Waals surface area contributed by atoms with E-state index in [1.807, 2.05) is 6.07 Å². The van der Waals surface area contributed by atoms with Crippen LogP contribution in [0.3, 0.4) is 0 Å². The van der Waals surface area contributed by atoms with E-state index >= 15 is 0 Å². The number of rotatable bonds is 4. The first-order chi connectivity index (χ1) is 8.72. The quantitative estimate of drug-likeness (QED) is 0.658. The first kappa shape index (κ1) is 13.1. The Hall–Kier alpha value is -1.35. The van der Waals surface area contributed by atoms with Crippen LogP contribution in [0.2, 0.25) is 0 Å². The third-order valence-corrected chi connectivity index (χ3v) is 3.54. The fourth-order valence-electron chi connectivity index (χ4n) is 2.43. The Morgan fingerprint density at radius 2 is 1.94 bits per heavy atom. The highest BCUT2D eigenvalue weighted by atomic mass is 16.5. The molecule has 0 aromatic heterocycles. The van der Waals surface area contributed by atoms with Crippen molar-refractivity contribution in [2.45, 2.75) is 44.1 Å². The van der Waals surface area contributed by atoms with Crippen molar-refractivity contribution in [3.05, 3.63) is 29.8 Å². The smallest absolute Gasteiger partial charge is 0.150 e. The molecular formula is C15H20O3. The topological polar surface area (TPSA) is 46.5 Å². The lowest BCUT2D eigenvalue weighted by Crippen LogP contribution is -2.35. The Balaban J connectivity index is 1.94. The first-order valence-electron chi connectivity index (χ1n) is 6.62. The van der Waals surface area contributed by atoms with Gasteiger partial charge in [-0.25, -0.2) is 0 Å². The summed E-state index contributed by atoms with van der Waals surface area (Å²) in [7, 11) is 0. The molecule has 1 aliphatic carbocycles. The molecular weight excluding hydrogens is 228 g/mol. The highest BCUT2D eigenvalue weighted by molar-refractivity contribution is 5.75. The van der Waals surface area contributed by atoms with E-state index in [9.17, 15) is 9.90 Å². The Morgan fingerprint density at radius 1 is 1.22 bits per heavy atom. The molecule has 0 spiro atoms. The maximum atomic E-state index is 10.7. The maximum Gasteiger partial charge on any atom is 0.150 e. The van der Waals surface area contributed by atoms with Crippen LogP contribution in [0.25, 0.3) is 0 Å². The number of aldehydes is 1. The third-order valence-electron chi connectivity index (χ3n) is 3.54. The normalized spacial score (nSPS) is 18.9. The monoisotopic (exact) mass is 248 g/mol. The zero-order chi connectivity index (χ0) is 12.8. The lowest BCUT2D eigenvalue weighted by atomic mass is 9.96. The highest BCUT2D eigenvalue weighted by Gasteiger charge is 2.28. The van der Waals surface area contributed by atoms with Crippen LogP contribution in [0.4, 0.5) is 0 Å². The van der Waals surface area contributed by atoms with Crippen molar-refractivity contribution in [2.24, 2.45) is 0 Å². The van der Waals surface area contributed by atoms with Crippen LogP contribution >= 0.6 is 0 Å². The summed E-state index contributed by atoms with van der Waals surface area (Å²) < 4.78 is 5.64. The number of ether oxygens (including phenoxy) is 1. The molecule has 3 nitrogen and oxygen atoms in total. The molecule has 0 bridgehead atoms. The van der Waals surface area contributed by atoms with Crippen molar-refractivity contribution in [1.82, 2.24) is 0 Å². The molecule has 1 N–H and O–H groups in total. The molecule has 0 radical (unpaired) electrons. The van der Waals surface area contributed by atoms with Gasteiger partial charge >= 0.3 is 0 Å². The zero-order valence-electron chi connectivity index (χ0n) is 10.6. The van der Waals surface area contributed by atoms with Crippen LogP contribution in [0, 0.1) is 0 Å².